The van der Waals surface area contributed by atoms with Crippen molar-refractivity contribution in [2.75, 3.05) is 39.0 Å². The fourth-order valence-electron chi connectivity index (χ4n) is 5.64. The quantitative estimate of drug-likeness (QED) is 0.342. The van der Waals surface area contributed by atoms with Gasteiger partial charge in [0.2, 0.25) is 0 Å². The van der Waals surface area contributed by atoms with E-state index >= 15 is 0 Å². The number of para-hydroxylation sites is 1. The number of hydrogen-bond donors (Lipinski definition) is 0. The van der Waals surface area contributed by atoms with Gasteiger partial charge < -0.3 is 19.1 Å². The van der Waals surface area contributed by atoms with E-state index in [2.05, 4.69) is 29.2 Å². The average molecular weight is 537 g/mol. The molecular weight excluding hydrogens is 504 g/mol. The molecule has 1 spiro atoms. The van der Waals surface area contributed by atoms with Crippen LogP contribution < -0.4 is 4.74 Å². The van der Waals surface area contributed by atoms with Crippen LogP contribution in [0.4, 0.5) is 4.79 Å². The molecular formula is C30H33ClN2O3S. The molecule has 0 bridgehead atoms. The van der Waals surface area contributed by atoms with Crippen LogP contribution in [-0.4, -0.2) is 59.4 Å². The van der Waals surface area contributed by atoms with Crippen LogP contribution in [0.15, 0.2) is 83.8 Å². The minimum absolute atomic E-state index is 0.0505. The van der Waals surface area contributed by atoms with Crippen LogP contribution in [0.5, 0.6) is 5.75 Å². The molecule has 1 amide bonds. The molecule has 0 aromatic heterocycles. The highest BCUT2D eigenvalue weighted by atomic mass is 35.5. The maximum Gasteiger partial charge on any atom is 0.414 e. The molecule has 3 aromatic rings. The predicted molar refractivity (Wildman–Crippen MR) is 149 cm³/mol. The summed E-state index contributed by atoms with van der Waals surface area (Å²) < 4.78 is 18.3. The number of halogens is 1. The maximum atomic E-state index is 12.8. The van der Waals surface area contributed by atoms with Gasteiger partial charge in [0.15, 0.2) is 4.90 Å². The molecule has 2 aliphatic heterocycles. The Hall–Kier alpha value is -2.51. The van der Waals surface area contributed by atoms with Gasteiger partial charge in [-0.15, -0.1) is 0 Å². The number of hydrogen-bond acceptors (Lipinski definition) is 4. The molecule has 0 radical (unpaired) electrons. The molecule has 2 unspecified atom stereocenters. The van der Waals surface area contributed by atoms with E-state index in [1.54, 1.807) is 24.1 Å². The first-order chi connectivity index (χ1) is 17.9. The van der Waals surface area contributed by atoms with Crippen molar-refractivity contribution in [3.63, 3.8) is 0 Å². The highest BCUT2D eigenvalue weighted by Crippen LogP contribution is 2.46. The number of likely N-dealkylation sites (N-methyl/N-ethyl adjacent to an activating group) is 1. The predicted octanol–water partition coefficient (Wildman–Crippen LogP) is 6.10. The Morgan fingerprint density at radius 2 is 1.73 bits per heavy atom. The number of piperidine rings is 1. The Kier molecular flexibility index (Phi) is 8.10. The molecule has 37 heavy (non-hydrogen) atoms. The van der Waals surface area contributed by atoms with Gasteiger partial charge in [0.05, 0.1) is 0 Å². The number of likely N-dealkylation sites (tertiary alicyclic amines) is 1. The van der Waals surface area contributed by atoms with E-state index in [4.69, 9.17) is 16.3 Å². The average Bonchev–Trinajstić information content (AvgIpc) is 3.19. The van der Waals surface area contributed by atoms with Gasteiger partial charge in [-0.1, -0.05) is 60.1 Å². The molecule has 5 nitrogen and oxygen atoms in total. The number of fused-ring (bicyclic) bond motifs is 2. The third kappa shape index (κ3) is 5.99. The maximum absolute atomic E-state index is 12.8. The summed E-state index contributed by atoms with van der Waals surface area (Å²) in [5, 5.41) is 0.704. The smallest absolute Gasteiger partial charge is 0.414 e. The summed E-state index contributed by atoms with van der Waals surface area (Å²) >= 11 is 5.26. The fourth-order valence-corrected chi connectivity index (χ4v) is 7.62. The number of ether oxygens (including phenoxy) is 1. The van der Waals surface area contributed by atoms with E-state index in [9.17, 15) is 9.35 Å². The van der Waals surface area contributed by atoms with E-state index in [0.717, 1.165) is 55.1 Å². The number of carbonyl (C=O) groups is 1. The standard InChI is InChI=1S/C30H33ClN2O3S/c1-32(29(34)36-26-7-3-2-4-8-26)21-24(23-11-13-25(31)14-12-23)15-18-33-19-16-30(17-20-33)22-37(35)28-10-6-5-9-27(28)30/h2-14,24H,15-22H2,1H3. The molecule has 2 heterocycles. The number of nitrogens with zero attached hydrogens (tertiary/aromatic N) is 2. The summed E-state index contributed by atoms with van der Waals surface area (Å²) in [5.74, 6) is 1.45. The van der Waals surface area contributed by atoms with Crippen molar-refractivity contribution in [2.45, 2.75) is 35.5 Å². The Balaban J connectivity index is 1.21. The van der Waals surface area contributed by atoms with Crippen LogP contribution in [0.1, 0.15) is 36.3 Å². The molecule has 2 aliphatic rings. The molecule has 194 valence electrons. The van der Waals surface area contributed by atoms with E-state index in [-0.39, 0.29) is 17.4 Å². The lowest BCUT2D eigenvalue weighted by atomic mass is 9.74. The summed E-state index contributed by atoms with van der Waals surface area (Å²) in [7, 11) is 1.79. The molecule has 0 saturated carbocycles. The highest BCUT2D eigenvalue weighted by Gasteiger charge is 2.48. The van der Waals surface area contributed by atoms with Gasteiger partial charge >= 0.3 is 6.09 Å². The van der Waals surface area contributed by atoms with Gasteiger partial charge in [0.1, 0.15) is 11.5 Å². The van der Waals surface area contributed by atoms with Crippen LogP contribution in [0.25, 0.3) is 0 Å². The monoisotopic (exact) mass is 536 g/mol. The topological polar surface area (TPSA) is 55.8 Å². The summed E-state index contributed by atoms with van der Waals surface area (Å²) in [6.07, 6.45) is 2.62. The fraction of sp³-hybridized carbons (Fsp3) is 0.367. The molecule has 3 aromatic carbocycles. The van der Waals surface area contributed by atoms with Crippen LogP contribution in [0, 0.1) is 0 Å². The third-order valence-corrected chi connectivity index (χ3v) is 9.73. The Labute approximate surface area is 227 Å². The van der Waals surface area contributed by atoms with Crippen LogP contribution in [-0.2, 0) is 16.6 Å². The van der Waals surface area contributed by atoms with Crippen molar-refractivity contribution in [1.82, 2.24) is 9.80 Å². The second-order valence-electron chi connectivity index (χ2n) is 10.2. The molecule has 0 aliphatic carbocycles. The zero-order chi connectivity index (χ0) is 25.8. The molecule has 2 atom stereocenters. The molecule has 0 N–H and O–H groups in total. The SMILES string of the molecule is CN(CC(CCN1CCC2(CC1)C[S+]([O-])c1ccccc12)c1ccc(Cl)cc1)C(=O)Oc1ccccc1. The van der Waals surface area contributed by atoms with Gasteiger partial charge in [0, 0.05) is 35.5 Å². The van der Waals surface area contributed by atoms with Crippen molar-refractivity contribution < 1.29 is 14.1 Å². The Morgan fingerprint density at radius 1 is 1.05 bits per heavy atom. The number of rotatable bonds is 7. The summed E-state index contributed by atoms with van der Waals surface area (Å²) in [6.45, 7) is 3.47. The van der Waals surface area contributed by atoms with Crippen molar-refractivity contribution in [1.29, 1.82) is 0 Å². The van der Waals surface area contributed by atoms with E-state index < -0.39 is 11.2 Å². The zero-order valence-electron chi connectivity index (χ0n) is 21.1. The van der Waals surface area contributed by atoms with E-state index in [1.165, 1.54) is 5.56 Å². The third-order valence-electron chi connectivity index (χ3n) is 7.81. The molecule has 7 heteroatoms. The van der Waals surface area contributed by atoms with E-state index in [0.29, 0.717) is 17.3 Å². The molecule has 1 fully saturated rings. The first-order valence-electron chi connectivity index (χ1n) is 12.9. The normalized spacial score (nSPS) is 19.4. The summed E-state index contributed by atoms with van der Waals surface area (Å²) in [6, 6.07) is 25.4. The van der Waals surface area contributed by atoms with Gasteiger partial charge in [0.25, 0.3) is 0 Å². The van der Waals surface area contributed by atoms with Crippen molar-refractivity contribution in [3.8, 4) is 5.75 Å². The van der Waals surface area contributed by atoms with E-state index in [1.807, 2.05) is 42.5 Å². The summed E-state index contributed by atoms with van der Waals surface area (Å²) in [4.78, 5) is 18.0. The summed E-state index contributed by atoms with van der Waals surface area (Å²) in [5.41, 5.74) is 2.51. The lowest BCUT2D eigenvalue weighted by Crippen LogP contribution is -2.44. The van der Waals surface area contributed by atoms with Crippen LogP contribution in [0.3, 0.4) is 0 Å². The number of benzene rings is 3. The second kappa shape index (κ2) is 11.5. The van der Waals surface area contributed by atoms with Gasteiger partial charge in [-0.05, 0) is 86.0 Å². The van der Waals surface area contributed by atoms with Crippen molar-refractivity contribution in [2.24, 2.45) is 0 Å². The number of carbonyl (C=O) groups excluding carboxylic acids is 1. The first kappa shape index (κ1) is 26.1. The highest BCUT2D eigenvalue weighted by molar-refractivity contribution is 7.91. The van der Waals surface area contributed by atoms with Crippen molar-refractivity contribution >= 4 is 28.9 Å². The molecule has 5 rings (SSSR count). The second-order valence-corrected chi connectivity index (χ2v) is 12.1. The van der Waals surface area contributed by atoms with Crippen LogP contribution >= 0.6 is 11.6 Å². The lowest BCUT2D eigenvalue weighted by molar-refractivity contribution is 0.151. The van der Waals surface area contributed by atoms with Gasteiger partial charge in [-0.3, -0.25) is 0 Å². The Bertz CT molecular complexity index is 1200. The van der Waals surface area contributed by atoms with Gasteiger partial charge in [-0.25, -0.2) is 4.79 Å². The van der Waals surface area contributed by atoms with Gasteiger partial charge in [-0.2, -0.15) is 0 Å². The Morgan fingerprint density at radius 3 is 2.46 bits per heavy atom. The largest absolute Gasteiger partial charge is 0.611 e. The van der Waals surface area contributed by atoms with Crippen molar-refractivity contribution in [3.05, 3.63) is 95.0 Å². The minimum atomic E-state index is -0.889. The number of amides is 1. The zero-order valence-corrected chi connectivity index (χ0v) is 22.7. The first-order valence-corrected chi connectivity index (χ1v) is 14.6. The molecule has 1 saturated heterocycles. The minimum Gasteiger partial charge on any atom is -0.611 e. The van der Waals surface area contributed by atoms with Crippen LogP contribution in [0.2, 0.25) is 5.02 Å². The lowest BCUT2D eigenvalue weighted by Gasteiger charge is -2.38.